The summed E-state index contributed by atoms with van der Waals surface area (Å²) in [6, 6.07) is 9.79. The van der Waals surface area contributed by atoms with Crippen molar-refractivity contribution in [1.82, 2.24) is 9.62 Å². The van der Waals surface area contributed by atoms with Crippen LogP contribution in [0.1, 0.15) is 24.1 Å². The fourth-order valence-corrected chi connectivity index (χ4v) is 7.02. The van der Waals surface area contributed by atoms with Crippen LogP contribution in [0.25, 0.3) is 0 Å². The number of benzene rings is 1. The summed E-state index contributed by atoms with van der Waals surface area (Å²) in [6.45, 7) is 3.11. The second-order valence-electron chi connectivity index (χ2n) is 7.01. The minimum atomic E-state index is -3.53. The van der Waals surface area contributed by atoms with E-state index in [1.807, 2.05) is 6.92 Å². The molecular formula is C20H25FN2O3S3. The number of halogens is 1. The van der Waals surface area contributed by atoms with Gasteiger partial charge in [-0.3, -0.25) is 4.79 Å². The molecule has 1 aliphatic heterocycles. The summed E-state index contributed by atoms with van der Waals surface area (Å²) in [5, 5.41) is 2.93. The summed E-state index contributed by atoms with van der Waals surface area (Å²) < 4.78 is 40.3. The number of hydrogen-bond acceptors (Lipinski definition) is 5. The fraction of sp³-hybridized carbons (Fsp3) is 0.450. The lowest BCUT2D eigenvalue weighted by Crippen LogP contribution is -2.45. The summed E-state index contributed by atoms with van der Waals surface area (Å²) >= 11 is 2.88. The van der Waals surface area contributed by atoms with Gasteiger partial charge < -0.3 is 5.32 Å². The Kier molecular flexibility index (Phi) is 7.72. The summed E-state index contributed by atoms with van der Waals surface area (Å²) in [7, 11) is -3.53. The van der Waals surface area contributed by atoms with Gasteiger partial charge in [-0.25, -0.2) is 12.8 Å². The molecule has 29 heavy (non-hydrogen) atoms. The molecular weight excluding hydrogens is 431 g/mol. The largest absolute Gasteiger partial charge is 0.356 e. The van der Waals surface area contributed by atoms with Gasteiger partial charge in [-0.1, -0.05) is 0 Å². The molecule has 0 aliphatic carbocycles. The lowest BCUT2D eigenvalue weighted by Gasteiger charge is -2.30. The predicted octanol–water partition coefficient (Wildman–Crippen LogP) is 3.89. The molecule has 158 valence electrons. The maximum absolute atomic E-state index is 12.9. The Labute approximate surface area is 179 Å². The van der Waals surface area contributed by atoms with Gasteiger partial charge in [-0.2, -0.15) is 4.31 Å². The molecule has 0 radical (unpaired) electrons. The van der Waals surface area contributed by atoms with Gasteiger partial charge in [-0.05, 0) is 68.3 Å². The van der Waals surface area contributed by atoms with E-state index in [1.165, 1.54) is 27.8 Å². The smallest absolute Gasteiger partial charge is 0.252 e. The highest BCUT2D eigenvalue weighted by Gasteiger charge is 2.33. The maximum atomic E-state index is 12.9. The van der Waals surface area contributed by atoms with Gasteiger partial charge in [0.05, 0.1) is 5.92 Å². The minimum Gasteiger partial charge on any atom is -0.356 e. The molecule has 1 fully saturated rings. The molecule has 1 aromatic carbocycles. The van der Waals surface area contributed by atoms with Crippen molar-refractivity contribution in [2.75, 3.05) is 25.4 Å². The molecule has 0 saturated carbocycles. The highest BCUT2D eigenvalue weighted by molar-refractivity contribution is 7.99. The number of hydrogen-bond donors (Lipinski definition) is 1. The average Bonchev–Trinajstić information content (AvgIpc) is 3.16. The number of aryl methyl sites for hydroxylation is 1. The zero-order chi connectivity index (χ0) is 20.9. The van der Waals surface area contributed by atoms with Crippen molar-refractivity contribution in [3.63, 3.8) is 0 Å². The van der Waals surface area contributed by atoms with Gasteiger partial charge in [0.15, 0.2) is 0 Å². The van der Waals surface area contributed by atoms with Crippen LogP contribution in [0.3, 0.4) is 0 Å². The Hall–Kier alpha value is -1.42. The molecule has 0 bridgehead atoms. The van der Waals surface area contributed by atoms with E-state index in [1.54, 1.807) is 36.0 Å². The van der Waals surface area contributed by atoms with Crippen molar-refractivity contribution in [3.8, 4) is 0 Å². The first kappa shape index (κ1) is 22.3. The van der Waals surface area contributed by atoms with E-state index >= 15 is 0 Å². The van der Waals surface area contributed by atoms with Crippen LogP contribution in [0.5, 0.6) is 0 Å². The molecule has 1 aromatic heterocycles. The van der Waals surface area contributed by atoms with Crippen LogP contribution in [0.2, 0.25) is 0 Å². The van der Waals surface area contributed by atoms with Crippen LogP contribution in [0, 0.1) is 18.7 Å². The van der Waals surface area contributed by atoms with Crippen LogP contribution in [0.15, 0.2) is 45.5 Å². The van der Waals surface area contributed by atoms with E-state index in [9.17, 15) is 17.6 Å². The van der Waals surface area contributed by atoms with Crippen LogP contribution < -0.4 is 5.32 Å². The summed E-state index contributed by atoms with van der Waals surface area (Å²) in [4.78, 5) is 14.5. The van der Waals surface area contributed by atoms with Crippen molar-refractivity contribution in [2.24, 2.45) is 5.92 Å². The molecule has 5 nitrogen and oxygen atoms in total. The molecule has 1 N–H and O–H groups in total. The number of piperidine rings is 1. The van der Waals surface area contributed by atoms with Gasteiger partial charge >= 0.3 is 0 Å². The third-order valence-corrected chi connectivity index (χ3v) is 9.20. The first-order valence-corrected chi connectivity index (χ1v) is 12.8. The van der Waals surface area contributed by atoms with Gasteiger partial charge in [-0.15, -0.1) is 23.1 Å². The average molecular weight is 457 g/mol. The number of thiophene rings is 1. The number of nitrogens with zero attached hydrogens (tertiary/aromatic N) is 1. The second kappa shape index (κ2) is 10.1. The molecule has 1 saturated heterocycles. The Morgan fingerprint density at radius 2 is 2.03 bits per heavy atom. The molecule has 9 heteroatoms. The number of thioether (sulfide) groups is 1. The number of sulfonamides is 1. The third kappa shape index (κ3) is 6.04. The summed E-state index contributed by atoms with van der Waals surface area (Å²) in [5.41, 5.74) is 0. The Balaban J connectivity index is 1.44. The molecule has 1 amide bonds. The number of amides is 1. The standard InChI is InChI=1S/C20H25FN2O3S3/c1-15-5-10-19(28-15)29(25,26)23-12-2-4-16(14-23)20(24)22-11-3-13-27-18-8-6-17(21)7-9-18/h5-10,16H,2-4,11-14H2,1H3,(H,22,24). The molecule has 3 rings (SSSR count). The van der Waals surface area contributed by atoms with Crippen molar-refractivity contribution in [2.45, 2.75) is 35.3 Å². The third-order valence-electron chi connectivity index (χ3n) is 4.77. The van der Waals surface area contributed by atoms with Crippen molar-refractivity contribution in [3.05, 3.63) is 47.1 Å². The lowest BCUT2D eigenvalue weighted by atomic mass is 9.99. The Morgan fingerprint density at radius 1 is 1.28 bits per heavy atom. The number of nitrogens with one attached hydrogen (secondary N) is 1. The quantitative estimate of drug-likeness (QED) is 0.483. The number of carbonyl (C=O) groups excluding carboxylic acids is 1. The van der Waals surface area contributed by atoms with E-state index < -0.39 is 10.0 Å². The minimum absolute atomic E-state index is 0.0842. The van der Waals surface area contributed by atoms with Crippen LogP contribution in [0.4, 0.5) is 4.39 Å². The molecule has 1 unspecified atom stereocenters. The SMILES string of the molecule is Cc1ccc(S(=O)(=O)N2CCCC(C(=O)NCCCSc3ccc(F)cc3)C2)s1. The second-order valence-corrected chi connectivity index (χ2v) is 11.6. The first-order chi connectivity index (χ1) is 13.9. The van der Waals surface area contributed by atoms with E-state index in [0.717, 1.165) is 21.9 Å². The van der Waals surface area contributed by atoms with E-state index in [2.05, 4.69) is 5.32 Å². The van der Waals surface area contributed by atoms with E-state index in [-0.39, 0.29) is 24.2 Å². The van der Waals surface area contributed by atoms with E-state index in [4.69, 9.17) is 0 Å². The van der Waals surface area contributed by atoms with Gasteiger partial charge in [0.2, 0.25) is 5.91 Å². The molecule has 0 spiro atoms. The van der Waals surface area contributed by atoms with Crippen molar-refractivity contribution >= 4 is 39.0 Å². The molecule has 2 aromatic rings. The van der Waals surface area contributed by atoms with Crippen LogP contribution in [-0.2, 0) is 14.8 Å². The topological polar surface area (TPSA) is 66.5 Å². The number of rotatable bonds is 8. The molecule has 2 heterocycles. The monoisotopic (exact) mass is 456 g/mol. The van der Waals surface area contributed by atoms with E-state index in [0.29, 0.717) is 30.1 Å². The number of carbonyl (C=O) groups is 1. The lowest BCUT2D eigenvalue weighted by molar-refractivity contribution is -0.126. The van der Waals surface area contributed by atoms with Crippen LogP contribution in [-0.4, -0.2) is 44.0 Å². The summed E-state index contributed by atoms with van der Waals surface area (Å²) in [6.07, 6.45) is 2.17. The molecule has 1 aliphatic rings. The highest BCUT2D eigenvalue weighted by atomic mass is 32.2. The highest BCUT2D eigenvalue weighted by Crippen LogP contribution is 2.28. The first-order valence-electron chi connectivity index (χ1n) is 9.59. The fourth-order valence-electron chi connectivity index (χ4n) is 3.20. The van der Waals surface area contributed by atoms with Gasteiger partial charge in [0, 0.05) is 29.4 Å². The zero-order valence-electron chi connectivity index (χ0n) is 16.3. The molecule has 1 atom stereocenters. The Morgan fingerprint density at radius 3 is 2.72 bits per heavy atom. The van der Waals surface area contributed by atoms with Crippen molar-refractivity contribution in [1.29, 1.82) is 0 Å². The van der Waals surface area contributed by atoms with Gasteiger partial charge in [0.25, 0.3) is 10.0 Å². The predicted molar refractivity (Wildman–Crippen MR) is 115 cm³/mol. The van der Waals surface area contributed by atoms with Crippen molar-refractivity contribution < 1.29 is 17.6 Å². The van der Waals surface area contributed by atoms with Crippen LogP contribution >= 0.6 is 23.1 Å². The Bertz CT molecular complexity index is 929. The maximum Gasteiger partial charge on any atom is 0.252 e. The summed E-state index contributed by atoms with van der Waals surface area (Å²) in [5.74, 6) is 0.164. The zero-order valence-corrected chi connectivity index (χ0v) is 18.7. The normalized spacial score (nSPS) is 17.9. The van der Waals surface area contributed by atoms with Gasteiger partial charge in [0.1, 0.15) is 10.0 Å².